The molecule has 3 aromatic rings. The van der Waals surface area contributed by atoms with Crippen molar-refractivity contribution in [2.24, 2.45) is 5.92 Å². The molecule has 0 atom stereocenters. The fraction of sp³-hybridized carbons (Fsp3) is 0.308. The summed E-state index contributed by atoms with van der Waals surface area (Å²) in [6.45, 7) is -0.414. The Hall–Kier alpha value is -2.72. The van der Waals surface area contributed by atoms with Crippen molar-refractivity contribution in [3.63, 3.8) is 0 Å². The maximum absolute atomic E-state index is 15.6. The van der Waals surface area contributed by atoms with Gasteiger partial charge in [0.15, 0.2) is 11.6 Å². The number of amides is 1. The monoisotopic (exact) mass is 672 g/mol. The van der Waals surface area contributed by atoms with Crippen molar-refractivity contribution in [2.45, 2.75) is 30.7 Å². The van der Waals surface area contributed by atoms with Gasteiger partial charge in [-0.25, -0.2) is 22.7 Å². The van der Waals surface area contributed by atoms with E-state index in [0.29, 0.717) is 17.2 Å². The molecule has 4 rings (SSSR count). The predicted molar refractivity (Wildman–Crippen MR) is 148 cm³/mol. The van der Waals surface area contributed by atoms with Gasteiger partial charge in [0.1, 0.15) is 4.90 Å². The molecule has 1 saturated carbocycles. The second kappa shape index (κ2) is 13.1. The van der Waals surface area contributed by atoms with Crippen LogP contribution in [0.2, 0.25) is 0 Å². The molecule has 1 fully saturated rings. The molecule has 0 unspecified atom stereocenters. The normalized spacial score (nSPS) is 13.5. The molecule has 0 spiro atoms. The molecule has 1 aromatic heterocycles. The highest BCUT2D eigenvalue weighted by molar-refractivity contribution is 14.1. The van der Waals surface area contributed by atoms with Crippen LogP contribution in [0.3, 0.4) is 0 Å². The number of aliphatic hydroxyl groups excluding tert-OH is 1. The van der Waals surface area contributed by atoms with Crippen molar-refractivity contribution in [3.05, 3.63) is 81.2 Å². The summed E-state index contributed by atoms with van der Waals surface area (Å²) in [6, 6.07) is 10.7. The molecule has 0 aliphatic heterocycles. The summed E-state index contributed by atoms with van der Waals surface area (Å²) in [7, 11) is -4.66. The molecule has 1 heterocycles. The third-order valence-corrected chi connectivity index (χ3v) is 8.57. The number of hydrogen-bond donors (Lipinski definition) is 3. The maximum atomic E-state index is 15.6. The summed E-state index contributed by atoms with van der Waals surface area (Å²) in [5.41, 5.74) is 2.15. The lowest BCUT2D eigenvalue weighted by atomic mass is 10.1. The van der Waals surface area contributed by atoms with Crippen molar-refractivity contribution >= 4 is 49.9 Å². The smallest absolute Gasteiger partial charge is 0.277 e. The van der Waals surface area contributed by atoms with Gasteiger partial charge in [0, 0.05) is 41.3 Å². The van der Waals surface area contributed by atoms with Crippen molar-refractivity contribution in [2.75, 3.05) is 25.1 Å². The zero-order valence-corrected chi connectivity index (χ0v) is 23.7. The Morgan fingerprint density at radius 1 is 1.13 bits per heavy atom. The van der Waals surface area contributed by atoms with E-state index >= 15 is 8.78 Å². The topological polar surface area (TPSA) is 121 Å². The number of nitrogens with zero attached hydrogens (tertiary/aromatic N) is 2. The van der Waals surface area contributed by atoms with Crippen LogP contribution in [-0.4, -0.2) is 48.5 Å². The number of halogens is 3. The Balaban J connectivity index is 1.75. The molecule has 1 aliphatic rings. The number of hydrogen-bond acceptors (Lipinski definition) is 7. The SMILES string of the molecule is O=C(NOCC1CC1)c1cc(S(=O)(=O)N(CCCO)Cc2ccncc2)c(F)c(F)c1Nc1ccc(I)cc1. The lowest BCUT2D eigenvalue weighted by molar-refractivity contribution is 0.0270. The molecule has 208 valence electrons. The van der Waals surface area contributed by atoms with E-state index < -0.39 is 43.7 Å². The fourth-order valence-electron chi connectivity index (χ4n) is 3.70. The summed E-state index contributed by atoms with van der Waals surface area (Å²) in [5, 5.41) is 12.0. The number of benzene rings is 2. The van der Waals surface area contributed by atoms with E-state index in [9.17, 15) is 18.3 Å². The van der Waals surface area contributed by atoms with Crippen LogP contribution in [-0.2, 0) is 21.4 Å². The number of nitrogens with one attached hydrogen (secondary N) is 2. The number of anilines is 2. The van der Waals surface area contributed by atoms with Crippen LogP contribution in [0.1, 0.15) is 35.2 Å². The molecule has 13 heteroatoms. The van der Waals surface area contributed by atoms with Crippen molar-refractivity contribution in [3.8, 4) is 0 Å². The van der Waals surface area contributed by atoms with E-state index in [1.165, 1.54) is 12.4 Å². The number of pyridine rings is 1. The van der Waals surface area contributed by atoms with Gasteiger partial charge in [-0.05, 0) is 95.8 Å². The van der Waals surface area contributed by atoms with Crippen molar-refractivity contribution < 1.29 is 31.9 Å². The van der Waals surface area contributed by atoms with E-state index in [1.807, 2.05) is 0 Å². The number of aromatic nitrogens is 1. The van der Waals surface area contributed by atoms with Crippen LogP contribution in [0.15, 0.2) is 59.8 Å². The summed E-state index contributed by atoms with van der Waals surface area (Å²) in [5.74, 6) is -3.80. The summed E-state index contributed by atoms with van der Waals surface area (Å²) in [6.07, 6.45) is 4.93. The van der Waals surface area contributed by atoms with Gasteiger partial charge in [-0.2, -0.15) is 4.31 Å². The molecule has 1 aliphatic carbocycles. The third kappa shape index (κ3) is 7.48. The van der Waals surface area contributed by atoms with Crippen molar-refractivity contribution in [1.82, 2.24) is 14.8 Å². The molecule has 0 saturated heterocycles. The lowest BCUT2D eigenvalue weighted by Gasteiger charge is -2.23. The zero-order chi connectivity index (χ0) is 28.0. The van der Waals surface area contributed by atoms with Gasteiger partial charge in [0.25, 0.3) is 5.91 Å². The van der Waals surface area contributed by atoms with Gasteiger partial charge in [0.2, 0.25) is 10.0 Å². The molecule has 3 N–H and O–H groups in total. The van der Waals surface area contributed by atoms with E-state index in [4.69, 9.17) is 4.84 Å². The first-order valence-electron chi connectivity index (χ1n) is 12.2. The minimum atomic E-state index is -4.66. The molecule has 0 bridgehead atoms. The average molecular weight is 672 g/mol. The highest BCUT2D eigenvalue weighted by Gasteiger charge is 2.33. The van der Waals surface area contributed by atoms with Crippen LogP contribution in [0.5, 0.6) is 0 Å². The Morgan fingerprint density at radius 3 is 2.46 bits per heavy atom. The highest BCUT2D eigenvalue weighted by Crippen LogP contribution is 2.33. The largest absolute Gasteiger partial charge is 0.396 e. The van der Waals surface area contributed by atoms with Gasteiger partial charge in [-0.1, -0.05) is 0 Å². The van der Waals surface area contributed by atoms with E-state index in [0.717, 1.165) is 26.8 Å². The van der Waals surface area contributed by atoms with E-state index in [1.54, 1.807) is 36.4 Å². The van der Waals surface area contributed by atoms with Gasteiger partial charge >= 0.3 is 0 Å². The van der Waals surface area contributed by atoms with E-state index in [-0.39, 0.29) is 32.7 Å². The van der Waals surface area contributed by atoms with Gasteiger partial charge in [-0.15, -0.1) is 0 Å². The predicted octanol–water partition coefficient (Wildman–Crippen LogP) is 4.35. The van der Waals surface area contributed by atoms with Crippen LogP contribution in [0, 0.1) is 21.1 Å². The summed E-state index contributed by atoms with van der Waals surface area (Å²) in [4.78, 5) is 21.2. The van der Waals surface area contributed by atoms with Crippen LogP contribution in [0.4, 0.5) is 20.2 Å². The van der Waals surface area contributed by atoms with Crippen LogP contribution >= 0.6 is 22.6 Å². The standard InChI is InChI=1S/C26H27F2IN4O5S/c27-23-22(39(36,37)33(12-1-13-34)15-17-8-10-30-11-9-17)14-21(26(35)32-38-16-18-2-3-18)25(24(23)28)31-20-6-4-19(29)5-7-20/h4-11,14,18,31,34H,1-3,12-13,15-16H2,(H,32,35). The molecule has 39 heavy (non-hydrogen) atoms. The van der Waals surface area contributed by atoms with Crippen LogP contribution in [0.25, 0.3) is 0 Å². The maximum Gasteiger partial charge on any atom is 0.277 e. The molecular formula is C26H27F2IN4O5S. The third-order valence-electron chi connectivity index (χ3n) is 6.00. The number of carbonyl (C=O) groups excluding carboxylic acids is 1. The first-order chi connectivity index (χ1) is 18.7. The molecular weight excluding hydrogens is 645 g/mol. The Morgan fingerprint density at radius 2 is 1.82 bits per heavy atom. The van der Waals surface area contributed by atoms with E-state index in [2.05, 4.69) is 38.4 Å². The first kappa shape index (κ1) is 29.3. The highest BCUT2D eigenvalue weighted by atomic mass is 127. The zero-order valence-electron chi connectivity index (χ0n) is 20.7. The second-order valence-electron chi connectivity index (χ2n) is 9.01. The Labute approximate surface area is 238 Å². The Kier molecular flexibility index (Phi) is 9.82. The summed E-state index contributed by atoms with van der Waals surface area (Å²) < 4.78 is 60.2. The van der Waals surface area contributed by atoms with Gasteiger partial charge in [-0.3, -0.25) is 14.6 Å². The molecule has 0 radical (unpaired) electrons. The number of rotatable bonds is 13. The quantitative estimate of drug-likeness (QED) is 0.183. The Bertz CT molecular complexity index is 1410. The molecule has 1 amide bonds. The number of sulfonamides is 1. The first-order valence-corrected chi connectivity index (χ1v) is 14.7. The number of aliphatic hydroxyl groups is 1. The molecule has 9 nitrogen and oxygen atoms in total. The lowest BCUT2D eigenvalue weighted by Crippen LogP contribution is -2.33. The summed E-state index contributed by atoms with van der Waals surface area (Å²) >= 11 is 2.09. The van der Waals surface area contributed by atoms with Crippen LogP contribution < -0.4 is 10.8 Å². The van der Waals surface area contributed by atoms with Gasteiger partial charge in [0.05, 0.1) is 17.9 Å². The number of carbonyl (C=O) groups is 1. The minimum absolute atomic E-state index is 0.0587. The average Bonchev–Trinajstić information content (AvgIpc) is 3.75. The number of hydroxylamine groups is 1. The fourth-order valence-corrected chi connectivity index (χ4v) is 5.61. The molecule has 2 aromatic carbocycles. The van der Waals surface area contributed by atoms with Crippen molar-refractivity contribution in [1.29, 1.82) is 0 Å². The second-order valence-corrected chi connectivity index (χ2v) is 12.2. The van der Waals surface area contributed by atoms with Gasteiger partial charge < -0.3 is 10.4 Å². The minimum Gasteiger partial charge on any atom is -0.396 e.